The third kappa shape index (κ3) is 3.25. The first-order valence-electron chi connectivity index (χ1n) is 7.08. The number of hydrogen-bond acceptors (Lipinski definition) is 3. The van der Waals surface area contributed by atoms with Crippen LogP contribution in [0.4, 0.5) is 4.79 Å². The van der Waals surface area contributed by atoms with Gasteiger partial charge in [0.05, 0.1) is 6.54 Å². The Kier molecular flexibility index (Phi) is 4.05. The van der Waals surface area contributed by atoms with Crippen molar-refractivity contribution in [2.75, 3.05) is 7.05 Å². The van der Waals surface area contributed by atoms with E-state index in [1.807, 2.05) is 42.5 Å². The summed E-state index contributed by atoms with van der Waals surface area (Å²) in [5.41, 5.74) is 1.87. The molecule has 0 spiro atoms. The minimum absolute atomic E-state index is 0.141. The lowest BCUT2D eigenvalue weighted by Crippen LogP contribution is -2.36. The normalized spacial score (nSPS) is 10.6. The van der Waals surface area contributed by atoms with Gasteiger partial charge >= 0.3 is 6.03 Å². The van der Waals surface area contributed by atoms with Gasteiger partial charge in [-0.2, -0.15) is 0 Å². The van der Waals surface area contributed by atoms with Crippen molar-refractivity contribution in [1.29, 1.82) is 0 Å². The van der Waals surface area contributed by atoms with Gasteiger partial charge in [-0.15, -0.1) is 0 Å². The molecule has 0 fully saturated rings. The Hall–Kier alpha value is -2.82. The molecule has 22 heavy (non-hydrogen) atoms. The Morgan fingerprint density at radius 3 is 2.77 bits per heavy atom. The van der Waals surface area contributed by atoms with Crippen molar-refractivity contribution < 1.29 is 9.21 Å². The molecule has 0 bridgehead atoms. The second kappa shape index (κ2) is 6.30. The highest BCUT2D eigenvalue weighted by Gasteiger charge is 2.10. The largest absolute Gasteiger partial charge is 0.459 e. The summed E-state index contributed by atoms with van der Waals surface area (Å²) in [7, 11) is 1.76. The van der Waals surface area contributed by atoms with Crippen LogP contribution in [0, 0.1) is 0 Å². The zero-order valence-electron chi connectivity index (χ0n) is 12.3. The molecule has 112 valence electrons. The molecular formula is C17H17N3O2. The summed E-state index contributed by atoms with van der Waals surface area (Å²) in [6, 6.07) is 13.4. The van der Waals surface area contributed by atoms with Crippen LogP contribution in [0.25, 0.3) is 11.0 Å². The van der Waals surface area contributed by atoms with Gasteiger partial charge in [-0.05, 0) is 29.8 Å². The molecule has 0 atom stereocenters. The van der Waals surface area contributed by atoms with E-state index in [9.17, 15) is 4.79 Å². The van der Waals surface area contributed by atoms with E-state index >= 15 is 0 Å². The van der Waals surface area contributed by atoms with Crippen molar-refractivity contribution in [2.45, 2.75) is 13.1 Å². The fourth-order valence-corrected chi connectivity index (χ4v) is 2.26. The number of urea groups is 1. The summed E-state index contributed by atoms with van der Waals surface area (Å²) < 4.78 is 5.67. The predicted octanol–water partition coefficient (Wildman–Crippen LogP) is 3.17. The Morgan fingerprint density at radius 1 is 1.23 bits per heavy atom. The maximum atomic E-state index is 12.1. The maximum absolute atomic E-state index is 12.1. The first-order valence-corrected chi connectivity index (χ1v) is 7.08. The number of carbonyl (C=O) groups excluding carboxylic acids is 1. The summed E-state index contributed by atoms with van der Waals surface area (Å²) in [5, 5.41) is 3.90. The van der Waals surface area contributed by atoms with Gasteiger partial charge in [0.2, 0.25) is 0 Å². The van der Waals surface area contributed by atoms with Crippen LogP contribution in [0.2, 0.25) is 0 Å². The number of fused-ring (bicyclic) bond motifs is 1. The van der Waals surface area contributed by atoms with Crippen LogP contribution < -0.4 is 5.32 Å². The zero-order valence-corrected chi connectivity index (χ0v) is 12.3. The second-order valence-corrected chi connectivity index (χ2v) is 5.12. The third-order valence-corrected chi connectivity index (χ3v) is 3.41. The molecule has 0 aliphatic rings. The lowest BCUT2D eigenvalue weighted by molar-refractivity contribution is 0.205. The van der Waals surface area contributed by atoms with Crippen LogP contribution in [0.15, 0.2) is 59.3 Å². The molecule has 2 amide bonds. The van der Waals surface area contributed by atoms with Gasteiger partial charge in [0.15, 0.2) is 0 Å². The number of para-hydroxylation sites is 1. The minimum atomic E-state index is -0.141. The molecule has 5 nitrogen and oxygen atoms in total. The van der Waals surface area contributed by atoms with E-state index in [-0.39, 0.29) is 6.03 Å². The summed E-state index contributed by atoms with van der Waals surface area (Å²) >= 11 is 0. The average molecular weight is 295 g/mol. The standard InChI is InChI=1S/C17H17N3O2/c1-20(12-13-6-8-18-9-7-13)17(21)19-11-15-10-14-4-2-3-5-16(14)22-15/h2-10H,11-12H2,1H3,(H,19,21). The van der Waals surface area contributed by atoms with Gasteiger partial charge in [0, 0.05) is 31.4 Å². The Balaban J connectivity index is 1.57. The number of benzene rings is 1. The summed E-state index contributed by atoms with van der Waals surface area (Å²) in [5.74, 6) is 0.742. The van der Waals surface area contributed by atoms with Gasteiger partial charge in [-0.1, -0.05) is 18.2 Å². The highest BCUT2D eigenvalue weighted by Crippen LogP contribution is 2.18. The van der Waals surface area contributed by atoms with Crippen molar-refractivity contribution in [2.24, 2.45) is 0 Å². The quantitative estimate of drug-likeness (QED) is 0.804. The summed E-state index contributed by atoms with van der Waals surface area (Å²) in [6.07, 6.45) is 3.44. The smallest absolute Gasteiger partial charge is 0.317 e. The van der Waals surface area contributed by atoms with Crippen molar-refractivity contribution in [3.63, 3.8) is 0 Å². The van der Waals surface area contributed by atoms with E-state index in [4.69, 9.17) is 4.42 Å². The molecule has 0 aliphatic carbocycles. The van der Waals surface area contributed by atoms with Crippen LogP contribution in [-0.4, -0.2) is 23.0 Å². The predicted molar refractivity (Wildman–Crippen MR) is 84.2 cm³/mol. The van der Waals surface area contributed by atoms with Crippen LogP contribution >= 0.6 is 0 Å². The monoisotopic (exact) mass is 295 g/mol. The molecule has 2 aromatic heterocycles. The molecule has 3 aromatic rings. The van der Waals surface area contributed by atoms with Gasteiger partial charge in [-0.25, -0.2) is 4.79 Å². The first kappa shape index (κ1) is 14.1. The zero-order chi connectivity index (χ0) is 15.4. The molecule has 1 N–H and O–H groups in total. The molecule has 0 radical (unpaired) electrons. The second-order valence-electron chi connectivity index (χ2n) is 5.12. The fraction of sp³-hybridized carbons (Fsp3) is 0.176. The van der Waals surface area contributed by atoms with E-state index in [2.05, 4.69) is 10.3 Å². The van der Waals surface area contributed by atoms with Crippen LogP contribution in [0.5, 0.6) is 0 Å². The lowest BCUT2D eigenvalue weighted by Gasteiger charge is -2.17. The Labute approximate surface area is 128 Å². The van der Waals surface area contributed by atoms with Crippen molar-refractivity contribution in [3.8, 4) is 0 Å². The van der Waals surface area contributed by atoms with Gasteiger partial charge in [0.1, 0.15) is 11.3 Å². The summed E-state index contributed by atoms with van der Waals surface area (Å²) in [4.78, 5) is 17.7. The molecule has 0 aliphatic heterocycles. The van der Waals surface area contributed by atoms with Gasteiger partial charge in [-0.3, -0.25) is 4.98 Å². The molecule has 0 saturated heterocycles. The highest BCUT2D eigenvalue weighted by atomic mass is 16.3. The fourth-order valence-electron chi connectivity index (χ4n) is 2.26. The maximum Gasteiger partial charge on any atom is 0.317 e. The molecule has 5 heteroatoms. The Morgan fingerprint density at radius 2 is 2.00 bits per heavy atom. The highest BCUT2D eigenvalue weighted by molar-refractivity contribution is 5.78. The third-order valence-electron chi connectivity index (χ3n) is 3.41. The SMILES string of the molecule is CN(Cc1ccncc1)C(=O)NCc1cc2ccccc2o1. The molecule has 1 aromatic carbocycles. The minimum Gasteiger partial charge on any atom is -0.459 e. The molecule has 0 unspecified atom stereocenters. The van der Waals surface area contributed by atoms with Crippen molar-refractivity contribution in [1.82, 2.24) is 15.2 Å². The number of nitrogens with zero attached hydrogens (tertiary/aromatic N) is 2. The van der Waals surface area contributed by atoms with E-state index in [0.29, 0.717) is 13.1 Å². The lowest BCUT2D eigenvalue weighted by atomic mass is 10.2. The number of aromatic nitrogens is 1. The molecular weight excluding hydrogens is 278 g/mol. The van der Waals surface area contributed by atoms with Crippen molar-refractivity contribution >= 4 is 17.0 Å². The van der Waals surface area contributed by atoms with E-state index in [1.165, 1.54) is 0 Å². The number of pyridine rings is 1. The summed E-state index contributed by atoms with van der Waals surface area (Å²) in [6.45, 7) is 0.905. The van der Waals surface area contributed by atoms with E-state index in [1.54, 1.807) is 24.3 Å². The first-order chi connectivity index (χ1) is 10.7. The topological polar surface area (TPSA) is 58.4 Å². The van der Waals surface area contributed by atoms with Crippen LogP contribution in [0.1, 0.15) is 11.3 Å². The van der Waals surface area contributed by atoms with Gasteiger partial charge < -0.3 is 14.6 Å². The number of rotatable bonds is 4. The van der Waals surface area contributed by atoms with E-state index in [0.717, 1.165) is 22.3 Å². The molecule has 3 rings (SSSR count). The average Bonchev–Trinajstić information content (AvgIpc) is 2.96. The van der Waals surface area contributed by atoms with Crippen LogP contribution in [0.3, 0.4) is 0 Å². The number of nitrogens with one attached hydrogen (secondary N) is 1. The molecule has 0 saturated carbocycles. The number of hydrogen-bond donors (Lipinski definition) is 1. The van der Waals surface area contributed by atoms with E-state index < -0.39 is 0 Å². The number of amides is 2. The van der Waals surface area contributed by atoms with Crippen molar-refractivity contribution in [3.05, 3.63) is 66.2 Å². The van der Waals surface area contributed by atoms with Gasteiger partial charge in [0.25, 0.3) is 0 Å². The number of furan rings is 1. The Bertz CT molecular complexity index is 735. The molecule has 2 heterocycles. The number of carbonyl (C=O) groups is 1. The van der Waals surface area contributed by atoms with Crippen LogP contribution in [-0.2, 0) is 13.1 Å².